The van der Waals surface area contributed by atoms with Crippen LogP contribution < -0.4 is 10.5 Å². The van der Waals surface area contributed by atoms with Crippen molar-refractivity contribution < 1.29 is 8.42 Å². The number of nitrogens with one attached hydrogen (secondary N) is 1. The third kappa shape index (κ3) is 4.40. The zero-order valence-electron chi connectivity index (χ0n) is 11.0. The Morgan fingerprint density at radius 2 is 2.11 bits per heavy atom. The first-order chi connectivity index (χ1) is 8.49. The molecule has 0 amide bonds. The van der Waals surface area contributed by atoms with Crippen molar-refractivity contribution in [3.8, 4) is 0 Å². The Balaban J connectivity index is 2.80. The topological polar surface area (TPSA) is 72.2 Å². The Bertz CT molecular complexity index is 472. The average molecular weight is 270 g/mol. The van der Waals surface area contributed by atoms with Crippen LogP contribution in [0.15, 0.2) is 29.2 Å². The molecule has 0 saturated carbocycles. The Labute approximate surface area is 110 Å². The molecule has 18 heavy (non-hydrogen) atoms. The molecule has 1 aromatic carbocycles. The molecule has 0 aliphatic heterocycles. The van der Waals surface area contributed by atoms with E-state index in [9.17, 15) is 8.42 Å². The molecule has 1 rings (SSSR count). The molecule has 0 bridgehead atoms. The number of benzene rings is 1. The number of unbranched alkanes of at least 4 members (excludes halogenated alkanes) is 1. The SMILES string of the molecule is CCCCC(CN)NS(=O)(=O)c1cccc(C)c1. The first-order valence-corrected chi connectivity index (χ1v) is 7.77. The molecule has 1 unspecified atom stereocenters. The van der Waals surface area contributed by atoms with Crippen LogP contribution in [0.25, 0.3) is 0 Å². The van der Waals surface area contributed by atoms with Crippen molar-refractivity contribution in [2.45, 2.75) is 44.0 Å². The fraction of sp³-hybridized carbons (Fsp3) is 0.538. The lowest BCUT2D eigenvalue weighted by Crippen LogP contribution is -2.40. The van der Waals surface area contributed by atoms with E-state index in [1.807, 2.05) is 13.0 Å². The van der Waals surface area contributed by atoms with Gasteiger partial charge in [-0.15, -0.1) is 0 Å². The van der Waals surface area contributed by atoms with Gasteiger partial charge in [0.05, 0.1) is 4.90 Å². The van der Waals surface area contributed by atoms with Crippen molar-refractivity contribution in [1.82, 2.24) is 4.72 Å². The van der Waals surface area contributed by atoms with Gasteiger partial charge in [-0.1, -0.05) is 31.9 Å². The molecule has 0 saturated heterocycles. The van der Waals surface area contributed by atoms with Gasteiger partial charge < -0.3 is 5.73 Å². The van der Waals surface area contributed by atoms with E-state index in [0.717, 1.165) is 24.8 Å². The minimum Gasteiger partial charge on any atom is -0.329 e. The monoisotopic (exact) mass is 270 g/mol. The van der Waals surface area contributed by atoms with Crippen LogP contribution in [0.4, 0.5) is 0 Å². The maximum absolute atomic E-state index is 12.2. The molecular weight excluding hydrogens is 248 g/mol. The predicted molar refractivity (Wildman–Crippen MR) is 73.9 cm³/mol. The van der Waals surface area contributed by atoms with E-state index in [0.29, 0.717) is 11.4 Å². The summed E-state index contributed by atoms with van der Waals surface area (Å²) in [5.74, 6) is 0. The maximum Gasteiger partial charge on any atom is 0.240 e. The molecule has 0 heterocycles. The molecule has 1 aromatic rings. The highest BCUT2D eigenvalue weighted by Crippen LogP contribution is 2.12. The molecule has 4 nitrogen and oxygen atoms in total. The van der Waals surface area contributed by atoms with Crippen LogP contribution in [0, 0.1) is 6.92 Å². The highest BCUT2D eigenvalue weighted by atomic mass is 32.2. The minimum atomic E-state index is -3.45. The first kappa shape index (κ1) is 15.1. The second kappa shape index (κ2) is 6.87. The van der Waals surface area contributed by atoms with Crippen LogP contribution in [0.2, 0.25) is 0 Å². The fourth-order valence-corrected chi connectivity index (χ4v) is 3.13. The van der Waals surface area contributed by atoms with Crippen molar-refractivity contribution in [1.29, 1.82) is 0 Å². The first-order valence-electron chi connectivity index (χ1n) is 6.28. The van der Waals surface area contributed by atoms with Crippen molar-refractivity contribution in [3.05, 3.63) is 29.8 Å². The third-order valence-corrected chi connectivity index (χ3v) is 4.33. The van der Waals surface area contributed by atoms with Gasteiger partial charge in [0.25, 0.3) is 0 Å². The molecule has 5 heteroatoms. The van der Waals surface area contributed by atoms with Crippen LogP contribution >= 0.6 is 0 Å². The second-order valence-electron chi connectivity index (χ2n) is 4.51. The molecule has 0 aliphatic rings. The lowest BCUT2D eigenvalue weighted by Gasteiger charge is -2.16. The fourth-order valence-electron chi connectivity index (χ4n) is 1.75. The molecule has 0 aromatic heterocycles. The Morgan fingerprint density at radius 3 is 2.67 bits per heavy atom. The van der Waals surface area contributed by atoms with Gasteiger partial charge in [-0.05, 0) is 31.0 Å². The van der Waals surface area contributed by atoms with Gasteiger partial charge >= 0.3 is 0 Å². The molecule has 0 fully saturated rings. The summed E-state index contributed by atoms with van der Waals surface area (Å²) in [6.45, 7) is 4.27. The van der Waals surface area contributed by atoms with E-state index < -0.39 is 10.0 Å². The average Bonchev–Trinajstić information content (AvgIpc) is 2.34. The summed E-state index contributed by atoms with van der Waals surface area (Å²) in [6, 6.07) is 6.69. The van der Waals surface area contributed by atoms with E-state index in [4.69, 9.17) is 5.73 Å². The van der Waals surface area contributed by atoms with E-state index in [1.54, 1.807) is 18.2 Å². The Hall–Kier alpha value is -0.910. The summed E-state index contributed by atoms with van der Waals surface area (Å²) < 4.78 is 27.0. The van der Waals surface area contributed by atoms with Gasteiger partial charge in [-0.2, -0.15) is 0 Å². The smallest absolute Gasteiger partial charge is 0.240 e. The summed E-state index contributed by atoms with van der Waals surface area (Å²) >= 11 is 0. The Kier molecular flexibility index (Phi) is 5.78. The number of nitrogens with two attached hydrogens (primary N) is 1. The molecule has 0 spiro atoms. The summed E-state index contributed by atoms with van der Waals surface area (Å²) in [5.41, 5.74) is 6.53. The lowest BCUT2D eigenvalue weighted by molar-refractivity contribution is 0.516. The van der Waals surface area contributed by atoms with Crippen molar-refractivity contribution in [2.24, 2.45) is 5.73 Å². The number of sulfonamides is 1. The number of hydrogen-bond donors (Lipinski definition) is 2. The van der Waals surface area contributed by atoms with E-state index >= 15 is 0 Å². The third-order valence-electron chi connectivity index (χ3n) is 2.81. The van der Waals surface area contributed by atoms with Crippen LogP contribution in [0.1, 0.15) is 31.7 Å². The molecule has 102 valence electrons. The van der Waals surface area contributed by atoms with Crippen molar-refractivity contribution >= 4 is 10.0 Å². The van der Waals surface area contributed by atoms with Gasteiger partial charge in [-0.25, -0.2) is 13.1 Å². The summed E-state index contributed by atoms with van der Waals surface area (Å²) in [4.78, 5) is 0.303. The molecular formula is C13H22N2O2S. The maximum atomic E-state index is 12.2. The summed E-state index contributed by atoms with van der Waals surface area (Å²) in [5, 5.41) is 0. The van der Waals surface area contributed by atoms with Crippen LogP contribution in [0.5, 0.6) is 0 Å². The zero-order valence-corrected chi connectivity index (χ0v) is 11.8. The van der Waals surface area contributed by atoms with Crippen LogP contribution in [-0.4, -0.2) is 21.0 Å². The normalized spacial score (nSPS) is 13.5. The highest BCUT2D eigenvalue weighted by Gasteiger charge is 2.18. The highest BCUT2D eigenvalue weighted by molar-refractivity contribution is 7.89. The van der Waals surface area contributed by atoms with E-state index in [-0.39, 0.29) is 6.04 Å². The van der Waals surface area contributed by atoms with Gasteiger partial charge in [0.15, 0.2) is 0 Å². The minimum absolute atomic E-state index is 0.185. The Morgan fingerprint density at radius 1 is 1.39 bits per heavy atom. The predicted octanol–water partition coefficient (Wildman–Crippen LogP) is 1.79. The number of hydrogen-bond acceptors (Lipinski definition) is 3. The van der Waals surface area contributed by atoms with Crippen molar-refractivity contribution in [2.75, 3.05) is 6.54 Å². The number of rotatable bonds is 7. The summed E-state index contributed by atoms with van der Waals surface area (Å²) in [7, 11) is -3.45. The van der Waals surface area contributed by atoms with Gasteiger partial charge in [0.1, 0.15) is 0 Å². The largest absolute Gasteiger partial charge is 0.329 e. The standard InChI is InChI=1S/C13H22N2O2S/c1-3-4-7-12(10-14)15-18(16,17)13-8-5-6-11(2)9-13/h5-6,8-9,12,15H,3-4,7,10,14H2,1-2H3. The van der Waals surface area contributed by atoms with E-state index in [1.165, 1.54) is 0 Å². The van der Waals surface area contributed by atoms with Gasteiger partial charge in [-0.3, -0.25) is 0 Å². The van der Waals surface area contributed by atoms with Crippen LogP contribution in [-0.2, 0) is 10.0 Å². The van der Waals surface area contributed by atoms with Gasteiger partial charge in [0, 0.05) is 12.6 Å². The lowest BCUT2D eigenvalue weighted by atomic mass is 10.1. The zero-order chi connectivity index (χ0) is 13.6. The summed E-state index contributed by atoms with van der Waals surface area (Å²) in [6.07, 6.45) is 2.78. The van der Waals surface area contributed by atoms with Gasteiger partial charge in [0.2, 0.25) is 10.0 Å². The van der Waals surface area contributed by atoms with Crippen LogP contribution in [0.3, 0.4) is 0 Å². The molecule has 0 aliphatic carbocycles. The van der Waals surface area contributed by atoms with Crippen molar-refractivity contribution in [3.63, 3.8) is 0 Å². The van der Waals surface area contributed by atoms with E-state index in [2.05, 4.69) is 11.6 Å². The molecule has 0 radical (unpaired) electrons. The molecule has 3 N–H and O–H groups in total. The quantitative estimate of drug-likeness (QED) is 0.793. The number of aryl methyl sites for hydroxylation is 1. The molecule has 1 atom stereocenters. The second-order valence-corrected chi connectivity index (χ2v) is 6.23.